The van der Waals surface area contributed by atoms with E-state index >= 15 is 0 Å². The smallest absolute Gasteiger partial charge is 0.348 e. The van der Waals surface area contributed by atoms with E-state index in [2.05, 4.69) is 20.9 Å². The van der Waals surface area contributed by atoms with Gasteiger partial charge in [-0.1, -0.05) is 50.2 Å². The summed E-state index contributed by atoms with van der Waals surface area (Å²) in [5.74, 6) is -1.75. The molecule has 4 rings (SSSR count). The van der Waals surface area contributed by atoms with Crippen LogP contribution in [-0.4, -0.2) is 54.4 Å². The van der Waals surface area contributed by atoms with Crippen molar-refractivity contribution in [3.8, 4) is 11.8 Å². The van der Waals surface area contributed by atoms with Gasteiger partial charge in [0.05, 0.1) is 7.11 Å². The summed E-state index contributed by atoms with van der Waals surface area (Å²) < 4.78 is 10.7. The van der Waals surface area contributed by atoms with Gasteiger partial charge >= 0.3 is 5.97 Å². The molecule has 0 aliphatic carbocycles. The van der Waals surface area contributed by atoms with E-state index < -0.39 is 35.8 Å². The lowest BCUT2D eigenvalue weighted by molar-refractivity contribution is -0.139. The fraction of sp³-hybridized carbons (Fsp3) is 0.364. The number of fused-ring (bicyclic) bond motifs is 1. The van der Waals surface area contributed by atoms with E-state index in [4.69, 9.17) is 9.47 Å². The lowest BCUT2D eigenvalue weighted by Gasteiger charge is -2.24. The topological polar surface area (TPSA) is 162 Å². The number of hydrogen-bond acceptors (Lipinski definition) is 7. The van der Waals surface area contributed by atoms with Gasteiger partial charge in [0, 0.05) is 29.4 Å². The summed E-state index contributed by atoms with van der Waals surface area (Å²) in [5, 5.41) is 19.0. The number of methoxy groups -OCH3 is 1. The molecule has 0 radical (unpaired) electrons. The maximum atomic E-state index is 13.6. The molecule has 1 aliphatic rings. The molecule has 230 valence electrons. The summed E-state index contributed by atoms with van der Waals surface area (Å²) in [4.78, 5) is 55.2. The first-order chi connectivity index (χ1) is 21.2. The molecule has 4 N–H and O–H groups in total. The molecular formula is C33H37N5O6. The second kappa shape index (κ2) is 14.9. The normalized spacial score (nSPS) is 16.1. The summed E-state index contributed by atoms with van der Waals surface area (Å²) in [7, 11) is 1.55. The van der Waals surface area contributed by atoms with Gasteiger partial charge in [-0.05, 0) is 55.0 Å². The Bertz CT molecular complexity index is 1570. The highest BCUT2D eigenvalue weighted by molar-refractivity contribution is 6.01. The second-order valence-electron chi connectivity index (χ2n) is 11.1. The molecule has 11 heteroatoms. The molecular weight excluding hydrogens is 562 g/mol. The number of rotatable bonds is 13. The van der Waals surface area contributed by atoms with Crippen molar-refractivity contribution in [2.24, 2.45) is 11.8 Å². The molecule has 11 nitrogen and oxygen atoms in total. The minimum atomic E-state index is -0.931. The van der Waals surface area contributed by atoms with E-state index in [1.165, 1.54) is 6.08 Å². The Morgan fingerprint density at radius 3 is 2.55 bits per heavy atom. The van der Waals surface area contributed by atoms with Gasteiger partial charge in [-0.25, -0.2) is 4.79 Å². The van der Waals surface area contributed by atoms with Gasteiger partial charge in [-0.2, -0.15) is 5.26 Å². The molecule has 3 aromatic rings. The van der Waals surface area contributed by atoms with E-state index in [0.717, 1.165) is 10.9 Å². The molecule has 44 heavy (non-hydrogen) atoms. The predicted octanol–water partition coefficient (Wildman–Crippen LogP) is 3.53. The number of nitrogens with zero attached hydrogens (tertiary/aromatic N) is 1. The number of benzene rings is 2. The third-order valence-corrected chi connectivity index (χ3v) is 7.37. The average Bonchev–Trinajstić information content (AvgIpc) is 3.64. The monoisotopic (exact) mass is 599 g/mol. The third kappa shape index (κ3) is 8.25. The molecule has 2 aromatic carbocycles. The first-order valence-electron chi connectivity index (χ1n) is 14.6. The average molecular weight is 600 g/mol. The number of H-pyrrole nitrogens is 1. The van der Waals surface area contributed by atoms with Crippen LogP contribution in [0.15, 0.2) is 66.2 Å². The van der Waals surface area contributed by atoms with Gasteiger partial charge in [-0.15, -0.1) is 0 Å². The van der Waals surface area contributed by atoms with Crippen molar-refractivity contribution in [3.63, 3.8) is 0 Å². The quantitative estimate of drug-likeness (QED) is 0.133. The fourth-order valence-corrected chi connectivity index (χ4v) is 5.15. The minimum Gasteiger partial charge on any atom is -0.496 e. The zero-order chi connectivity index (χ0) is 31.6. The van der Waals surface area contributed by atoms with Gasteiger partial charge in [0.2, 0.25) is 11.8 Å². The Kier molecular flexibility index (Phi) is 10.8. The summed E-state index contributed by atoms with van der Waals surface area (Å²) in [6.07, 6.45) is 2.37. The second-order valence-corrected chi connectivity index (χ2v) is 11.1. The molecule has 0 bridgehead atoms. The maximum Gasteiger partial charge on any atom is 0.348 e. The molecule has 1 saturated heterocycles. The number of nitrogens with one attached hydrogen (secondary N) is 4. The SMILES string of the molecule is COc1cccc2[nH]c(C(=O)NC(CC(C)C)C(=O)NC(/C=C(/C#N)C(=O)OCc3ccccc3)CC3CCNC3=O)cc12. The largest absolute Gasteiger partial charge is 0.496 e. The number of aromatic amines is 1. The van der Waals surface area contributed by atoms with Crippen LogP contribution in [0.5, 0.6) is 5.75 Å². The Hall–Kier alpha value is -5.11. The van der Waals surface area contributed by atoms with Crippen LogP contribution in [0, 0.1) is 23.2 Å². The molecule has 3 atom stereocenters. The lowest BCUT2D eigenvalue weighted by Crippen LogP contribution is -2.50. The molecule has 1 aromatic heterocycles. The van der Waals surface area contributed by atoms with Gasteiger partial charge in [-0.3, -0.25) is 14.4 Å². The highest BCUT2D eigenvalue weighted by Gasteiger charge is 2.31. The Morgan fingerprint density at radius 1 is 1.11 bits per heavy atom. The number of esters is 1. The van der Waals surface area contributed by atoms with E-state index in [1.54, 1.807) is 37.4 Å². The summed E-state index contributed by atoms with van der Waals surface area (Å²) in [5.41, 5.74) is 1.44. The van der Waals surface area contributed by atoms with E-state index in [1.807, 2.05) is 44.2 Å². The molecule has 1 fully saturated rings. The van der Waals surface area contributed by atoms with Crippen LogP contribution in [0.2, 0.25) is 0 Å². The number of ether oxygens (including phenoxy) is 2. The number of aromatic nitrogens is 1. The van der Waals surface area contributed by atoms with Crippen LogP contribution in [0.25, 0.3) is 10.9 Å². The van der Waals surface area contributed by atoms with Crippen molar-refractivity contribution in [2.45, 2.75) is 51.8 Å². The van der Waals surface area contributed by atoms with Crippen LogP contribution in [0.3, 0.4) is 0 Å². The third-order valence-electron chi connectivity index (χ3n) is 7.37. The van der Waals surface area contributed by atoms with Gasteiger partial charge < -0.3 is 30.4 Å². The highest BCUT2D eigenvalue weighted by atomic mass is 16.5. The minimum absolute atomic E-state index is 0.0249. The Balaban J connectivity index is 1.53. The molecule has 3 unspecified atom stereocenters. The van der Waals surface area contributed by atoms with Crippen LogP contribution in [0.4, 0.5) is 0 Å². The first-order valence-corrected chi connectivity index (χ1v) is 14.6. The van der Waals surface area contributed by atoms with Crippen molar-refractivity contribution in [1.29, 1.82) is 5.26 Å². The molecule has 0 saturated carbocycles. The van der Waals surface area contributed by atoms with E-state index in [-0.39, 0.29) is 36.1 Å². The van der Waals surface area contributed by atoms with E-state index in [9.17, 15) is 24.4 Å². The zero-order valence-corrected chi connectivity index (χ0v) is 25.0. The molecule has 2 heterocycles. The summed E-state index contributed by atoms with van der Waals surface area (Å²) in [6.45, 7) is 4.33. The van der Waals surface area contributed by atoms with Crippen LogP contribution in [-0.2, 0) is 25.7 Å². The Morgan fingerprint density at radius 2 is 1.89 bits per heavy atom. The van der Waals surface area contributed by atoms with E-state index in [0.29, 0.717) is 30.7 Å². The summed E-state index contributed by atoms with van der Waals surface area (Å²) >= 11 is 0. The molecule has 0 spiro atoms. The molecule has 1 aliphatic heterocycles. The number of nitriles is 1. The number of carbonyl (C=O) groups excluding carboxylic acids is 4. The number of amides is 3. The maximum absolute atomic E-state index is 13.6. The van der Waals surface area contributed by atoms with Crippen LogP contribution in [0.1, 0.15) is 49.2 Å². The van der Waals surface area contributed by atoms with Gasteiger partial charge in [0.25, 0.3) is 5.91 Å². The standard InChI is InChI=1S/C33H37N5O6/c1-20(2)14-27(38-32(41)28-17-25-26(37-28)10-7-11-29(25)43-3)31(40)36-24(15-22-12-13-35-30(22)39)16-23(18-34)33(42)44-19-21-8-5-4-6-9-21/h4-11,16-17,20,22,24,27,37H,12-15,19H2,1-3H3,(H,35,39)(H,36,40)(H,38,41)/b23-16-. The lowest BCUT2D eigenvalue weighted by atomic mass is 9.96. The van der Waals surface area contributed by atoms with Gasteiger partial charge in [0.1, 0.15) is 35.7 Å². The zero-order valence-electron chi connectivity index (χ0n) is 25.0. The van der Waals surface area contributed by atoms with Crippen molar-refractivity contribution in [2.75, 3.05) is 13.7 Å². The highest BCUT2D eigenvalue weighted by Crippen LogP contribution is 2.26. The van der Waals surface area contributed by atoms with Crippen LogP contribution < -0.4 is 20.7 Å². The van der Waals surface area contributed by atoms with Crippen molar-refractivity contribution < 1.29 is 28.7 Å². The fourth-order valence-electron chi connectivity index (χ4n) is 5.15. The van der Waals surface area contributed by atoms with Gasteiger partial charge in [0.15, 0.2) is 0 Å². The van der Waals surface area contributed by atoms with Crippen LogP contribution >= 0.6 is 0 Å². The predicted molar refractivity (Wildman–Crippen MR) is 163 cm³/mol. The summed E-state index contributed by atoms with van der Waals surface area (Å²) in [6, 6.07) is 16.2. The molecule has 3 amide bonds. The van der Waals surface area contributed by atoms with Crippen molar-refractivity contribution in [1.82, 2.24) is 20.9 Å². The Labute approximate surface area is 256 Å². The number of carbonyl (C=O) groups is 4. The van der Waals surface area contributed by atoms with Crippen molar-refractivity contribution >= 4 is 34.6 Å². The number of hydrogen-bond donors (Lipinski definition) is 4. The van der Waals surface area contributed by atoms with Crippen molar-refractivity contribution in [3.05, 3.63) is 77.5 Å². The first kappa shape index (κ1) is 31.8.